The van der Waals surface area contributed by atoms with E-state index in [-0.39, 0.29) is 12.4 Å². The Hall–Kier alpha value is 0.720. The monoisotopic (exact) mass is 194 g/mol. The first kappa shape index (κ1) is 11.7. The Morgan fingerprint density at radius 2 is 1.36 bits per heavy atom. The van der Waals surface area contributed by atoms with Crippen molar-refractivity contribution in [2.45, 2.75) is 37.8 Å². The van der Waals surface area contributed by atoms with Crippen LogP contribution in [0.25, 0.3) is 0 Å². The van der Waals surface area contributed by atoms with Crippen molar-refractivity contribution in [2.24, 2.45) is 0 Å². The van der Waals surface area contributed by atoms with Gasteiger partial charge < -0.3 is 12.4 Å². The molecule has 11 heavy (non-hydrogen) atoms. The maximum absolute atomic E-state index is 2.49. The van der Waals surface area contributed by atoms with Crippen molar-refractivity contribution in [1.29, 1.82) is 0 Å². The lowest BCUT2D eigenvalue weighted by atomic mass is 10.0. The van der Waals surface area contributed by atoms with Crippen LogP contribution in [0.1, 0.15) is 32.1 Å². The molecule has 0 spiro atoms. The van der Waals surface area contributed by atoms with Crippen molar-refractivity contribution >= 4 is 7.26 Å². The summed E-state index contributed by atoms with van der Waals surface area (Å²) in [6.07, 6.45) is 7.55. The normalized spacial score (nSPS) is 21.0. The van der Waals surface area contributed by atoms with E-state index in [1.807, 2.05) is 0 Å². The summed E-state index contributed by atoms with van der Waals surface area (Å²) < 4.78 is 0. The topological polar surface area (TPSA) is 0 Å². The quantitative estimate of drug-likeness (QED) is 0.525. The van der Waals surface area contributed by atoms with E-state index in [0.29, 0.717) is 0 Å². The van der Waals surface area contributed by atoms with Crippen LogP contribution in [-0.2, 0) is 0 Å². The minimum atomic E-state index is -0.491. The number of rotatable bonds is 1. The molecule has 0 aliphatic heterocycles. The third kappa shape index (κ3) is 3.76. The minimum absolute atomic E-state index is 0. The third-order valence-corrected chi connectivity index (χ3v) is 5.38. The maximum Gasteiger partial charge on any atom is 0.0689 e. The van der Waals surface area contributed by atoms with E-state index in [1.165, 1.54) is 32.1 Å². The minimum Gasteiger partial charge on any atom is -1.00 e. The molecule has 1 aliphatic carbocycles. The van der Waals surface area contributed by atoms with Gasteiger partial charge in [0, 0.05) is 27.3 Å². The van der Waals surface area contributed by atoms with Gasteiger partial charge in [0.25, 0.3) is 0 Å². The smallest absolute Gasteiger partial charge is 0.0689 e. The highest BCUT2D eigenvalue weighted by molar-refractivity contribution is 7.74. The molecule has 0 radical (unpaired) electrons. The molecule has 0 aromatic heterocycles. The molecule has 0 nitrogen and oxygen atoms in total. The van der Waals surface area contributed by atoms with E-state index in [9.17, 15) is 0 Å². The van der Waals surface area contributed by atoms with Crippen LogP contribution >= 0.6 is 7.26 Å². The Labute approximate surface area is 77.9 Å². The summed E-state index contributed by atoms with van der Waals surface area (Å²) in [7, 11) is -0.491. The van der Waals surface area contributed by atoms with Gasteiger partial charge in [0.15, 0.2) is 0 Å². The number of halogens is 1. The van der Waals surface area contributed by atoms with Crippen LogP contribution in [0.4, 0.5) is 0 Å². The first-order valence-corrected chi connectivity index (χ1v) is 7.62. The van der Waals surface area contributed by atoms with Gasteiger partial charge in [-0.15, -0.1) is 0 Å². The molecule has 0 unspecified atom stereocenters. The van der Waals surface area contributed by atoms with Crippen LogP contribution in [0, 0.1) is 0 Å². The average molecular weight is 195 g/mol. The lowest BCUT2D eigenvalue weighted by Crippen LogP contribution is -3.00. The fourth-order valence-electron chi connectivity index (χ4n) is 1.86. The van der Waals surface area contributed by atoms with Gasteiger partial charge in [-0.2, -0.15) is 0 Å². The molecule has 0 aromatic carbocycles. The van der Waals surface area contributed by atoms with Gasteiger partial charge in [0.05, 0.1) is 5.66 Å². The summed E-state index contributed by atoms with van der Waals surface area (Å²) >= 11 is 0. The first-order valence-electron chi connectivity index (χ1n) is 4.42. The lowest BCUT2D eigenvalue weighted by Gasteiger charge is -2.27. The molecule has 0 bridgehead atoms. The molecule has 1 fully saturated rings. The Morgan fingerprint density at radius 1 is 0.909 bits per heavy atom. The van der Waals surface area contributed by atoms with Crippen molar-refractivity contribution in [3.8, 4) is 0 Å². The second kappa shape index (κ2) is 4.67. The Morgan fingerprint density at radius 3 is 1.64 bits per heavy atom. The molecule has 1 saturated carbocycles. The van der Waals surface area contributed by atoms with Crippen LogP contribution in [0.15, 0.2) is 0 Å². The molecule has 0 atom stereocenters. The predicted octanol–water partition coefficient (Wildman–Crippen LogP) is 0.230. The average Bonchev–Trinajstić information content (AvgIpc) is 1.88. The van der Waals surface area contributed by atoms with E-state index < -0.39 is 7.26 Å². The van der Waals surface area contributed by atoms with Gasteiger partial charge in [0.1, 0.15) is 0 Å². The molecule has 1 rings (SSSR count). The van der Waals surface area contributed by atoms with E-state index in [2.05, 4.69) is 20.0 Å². The zero-order valence-electron chi connectivity index (χ0n) is 7.94. The predicted molar refractivity (Wildman–Crippen MR) is 51.6 cm³/mol. The summed E-state index contributed by atoms with van der Waals surface area (Å²) in [5, 5.41) is 0. The molecule has 0 saturated heterocycles. The van der Waals surface area contributed by atoms with Gasteiger partial charge in [-0.3, -0.25) is 0 Å². The molecular formula is C9H20ClP. The van der Waals surface area contributed by atoms with Crippen LogP contribution in [0.5, 0.6) is 0 Å². The summed E-state index contributed by atoms with van der Waals surface area (Å²) in [6, 6.07) is 0. The van der Waals surface area contributed by atoms with Gasteiger partial charge in [0.2, 0.25) is 0 Å². The van der Waals surface area contributed by atoms with Gasteiger partial charge in [-0.25, -0.2) is 0 Å². The van der Waals surface area contributed by atoms with E-state index in [1.54, 1.807) is 0 Å². The van der Waals surface area contributed by atoms with Crippen molar-refractivity contribution in [1.82, 2.24) is 0 Å². The highest BCUT2D eigenvalue weighted by Gasteiger charge is 2.31. The fourth-order valence-corrected chi connectivity index (χ4v) is 3.77. The van der Waals surface area contributed by atoms with E-state index in [0.717, 1.165) is 5.66 Å². The molecule has 0 aromatic rings. The molecule has 2 heteroatoms. The number of hydrogen-bond donors (Lipinski definition) is 0. The summed E-state index contributed by atoms with van der Waals surface area (Å²) in [5.74, 6) is 0. The highest BCUT2D eigenvalue weighted by atomic mass is 35.5. The van der Waals surface area contributed by atoms with Crippen molar-refractivity contribution in [3.63, 3.8) is 0 Å². The first-order chi connectivity index (χ1) is 4.61. The third-order valence-electron chi connectivity index (χ3n) is 2.67. The molecule has 68 valence electrons. The Kier molecular flexibility index (Phi) is 4.98. The molecule has 1 aliphatic rings. The SMILES string of the molecule is C[P+](C)(C)C1CCCCC1.[Cl-]. The summed E-state index contributed by atoms with van der Waals surface area (Å²) in [4.78, 5) is 0. The van der Waals surface area contributed by atoms with Gasteiger partial charge in [-0.05, 0) is 25.7 Å². The zero-order chi connectivity index (χ0) is 7.61. The highest BCUT2D eigenvalue weighted by Crippen LogP contribution is 2.56. The Balaban J connectivity index is 0.000001000. The summed E-state index contributed by atoms with van der Waals surface area (Å²) in [6.45, 7) is 7.47. The maximum atomic E-state index is 2.49. The lowest BCUT2D eigenvalue weighted by molar-refractivity contribution is -0.00000242. The molecule has 0 amide bonds. The van der Waals surface area contributed by atoms with Crippen molar-refractivity contribution in [3.05, 3.63) is 0 Å². The number of hydrogen-bond acceptors (Lipinski definition) is 0. The van der Waals surface area contributed by atoms with Gasteiger partial charge in [-0.1, -0.05) is 6.42 Å². The van der Waals surface area contributed by atoms with Crippen LogP contribution < -0.4 is 12.4 Å². The largest absolute Gasteiger partial charge is 1.00 e. The van der Waals surface area contributed by atoms with E-state index in [4.69, 9.17) is 0 Å². The standard InChI is InChI=1S/C9H20P.ClH/c1-10(2,3)9-7-5-4-6-8-9;/h9H,4-8H2,1-3H3;1H/q+1;/p-1. The fraction of sp³-hybridized carbons (Fsp3) is 1.00. The second-order valence-corrected chi connectivity index (χ2v) is 9.37. The van der Waals surface area contributed by atoms with Crippen LogP contribution in [0.2, 0.25) is 0 Å². The van der Waals surface area contributed by atoms with Crippen LogP contribution in [0.3, 0.4) is 0 Å². The van der Waals surface area contributed by atoms with Gasteiger partial charge >= 0.3 is 0 Å². The molecule has 0 heterocycles. The Bertz CT molecular complexity index is 101. The second-order valence-electron chi connectivity index (χ2n) is 4.41. The summed E-state index contributed by atoms with van der Waals surface area (Å²) in [5.41, 5.74) is 1.11. The molecule has 0 N–H and O–H groups in total. The van der Waals surface area contributed by atoms with Crippen molar-refractivity contribution < 1.29 is 12.4 Å². The van der Waals surface area contributed by atoms with Crippen molar-refractivity contribution in [2.75, 3.05) is 20.0 Å². The van der Waals surface area contributed by atoms with Crippen LogP contribution in [-0.4, -0.2) is 25.7 Å². The van der Waals surface area contributed by atoms with E-state index >= 15 is 0 Å². The zero-order valence-corrected chi connectivity index (χ0v) is 9.59. The molecular weight excluding hydrogens is 175 g/mol.